The van der Waals surface area contributed by atoms with Gasteiger partial charge in [-0.05, 0) is 81.3 Å². The number of rotatable bonds is 6. The van der Waals surface area contributed by atoms with Gasteiger partial charge < -0.3 is 10.1 Å². The molecule has 8 heteroatoms. The second-order valence-electron chi connectivity index (χ2n) is 8.61. The van der Waals surface area contributed by atoms with Gasteiger partial charge in [-0.25, -0.2) is 8.42 Å². The topological polar surface area (TPSA) is 92.8 Å². The molecule has 1 aliphatic carbocycles. The predicted octanol–water partition coefficient (Wildman–Crippen LogP) is 3.68. The van der Waals surface area contributed by atoms with E-state index in [0.717, 1.165) is 36.9 Å². The maximum atomic E-state index is 13.3. The van der Waals surface area contributed by atoms with Crippen molar-refractivity contribution < 1.29 is 22.7 Å². The number of nitrogens with zero attached hydrogens (tertiary/aromatic N) is 1. The van der Waals surface area contributed by atoms with Crippen molar-refractivity contribution in [3.8, 4) is 0 Å². The SMILES string of the molecule is CCOC(=O)C1CCC(NC(=O)c2ccc(S(=O)(=O)N3CCCc4ccccc43)cc2)CC1. The highest BCUT2D eigenvalue weighted by Gasteiger charge is 2.30. The van der Waals surface area contributed by atoms with Crippen molar-refractivity contribution in [1.29, 1.82) is 0 Å². The summed E-state index contributed by atoms with van der Waals surface area (Å²) in [6.45, 7) is 2.62. The first kappa shape index (κ1) is 23.3. The molecule has 1 aliphatic heterocycles. The summed E-state index contributed by atoms with van der Waals surface area (Å²) in [7, 11) is -3.71. The molecular formula is C25H30N2O5S. The Hall–Kier alpha value is -2.87. The minimum Gasteiger partial charge on any atom is -0.466 e. The number of benzene rings is 2. The molecule has 0 spiro atoms. The fraction of sp³-hybridized carbons (Fsp3) is 0.440. The summed E-state index contributed by atoms with van der Waals surface area (Å²) >= 11 is 0. The molecule has 2 aliphatic rings. The highest BCUT2D eigenvalue weighted by molar-refractivity contribution is 7.92. The van der Waals surface area contributed by atoms with E-state index in [9.17, 15) is 18.0 Å². The van der Waals surface area contributed by atoms with Gasteiger partial charge in [-0.15, -0.1) is 0 Å². The highest BCUT2D eigenvalue weighted by atomic mass is 32.2. The number of ether oxygens (including phenoxy) is 1. The Morgan fingerprint density at radius 1 is 1.03 bits per heavy atom. The normalized spacial score (nSPS) is 20.6. The molecule has 1 fully saturated rings. The van der Waals surface area contributed by atoms with Gasteiger partial charge in [0.05, 0.1) is 23.1 Å². The molecule has 1 heterocycles. The summed E-state index contributed by atoms with van der Waals surface area (Å²) in [5.74, 6) is -0.486. The zero-order chi connectivity index (χ0) is 23.4. The van der Waals surface area contributed by atoms with E-state index in [4.69, 9.17) is 4.74 Å². The first-order chi connectivity index (χ1) is 15.9. The first-order valence-corrected chi connectivity index (χ1v) is 13.0. The van der Waals surface area contributed by atoms with E-state index in [-0.39, 0.29) is 28.7 Å². The van der Waals surface area contributed by atoms with Gasteiger partial charge in [0.1, 0.15) is 0 Å². The Kier molecular flexibility index (Phi) is 7.02. The lowest BCUT2D eigenvalue weighted by Crippen LogP contribution is -2.39. The zero-order valence-corrected chi connectivity index (χ0v) is 19.6. The van der Waals surface area contributed by atoms with E-state index in [1.54, 1.807) is 19.1 Å². The Balaban J connectivity index is 1.39. The third-order valence-electron chi connectivity index (χ3n) is 6.45. The number of para-hydroxylation sites is 1. The van der Waals surface area contributed by atoms with Crippen LogP contribution >= 0.6 is 0 Å². The van der Waals surface area contributed by atoms with Crippen LogP contribution in [0.4, 0.5) is 5.69 Å². The van der Waals surface area contributed by atoms with Crippen LogP contribution in [-0.2, 0) is 26.0 Å². The molecule has 0 aromatic heterocycles. The molecule has 0 unspecified atom stereocenters. The minimum absolute atomic E-state index is 0.00330. The smallest absolute Gasteiger partial charge is 0.308 e. The average Bonchev–Trinajstić information content (AvgIpc) is 2.84. The Morgan fingerprint density at radius 3 is 2.42 bits per heavy atom. The van der Waals surface area contributed by atoms with Crippen molar-refractivity contribution in [2.75, 3.05) is 17.5 Å². The Morgan fingerprint density at radius 2 is 1.73 bits per heavy atom. The molecule has 0 bridgehead atoms. The van der Waals surface area contributed by atoms with Crippen molar-refractivity contribution in [3.63, 3.8) is 0 Å². The maximum Gasteiger partial charge on any atom is 0.308 e. The second kappa shape index (κ2) is 9.95. The predicted molar refractivity (Wildman–Crippen MR) is 126 cm³/mol. The number of hydrogen-bond acceptors (Lipinski definition) is 5. The lowest BCUT2D eigenvalue weighted by molar-refractivity contribution is -0.149. The van der Waals surface area contributed by atoms with Crippen molar-refractivity contribution in [3.05, 3.63) is 59.7 Å². The van der Waals surface area contributed by atoms with E-state index < -0.39 is 10.0 Å². The summed E-state index contributed by atoms with van der Waals surface area (Å²) in [5.41, 5.74) is 2.17. The second-order valence-corrected chi connectivity index (χ2v) is 10.5. The summed E-state index contributed by atoms with van der Waals surface area (Å²) in [6, 6.07) is 13.7. The van der Waals surface area contributed by atoms with Crippen LogP contribution in [0.15, 0.2) is 53.4 Å². The molecule has 0 radical (unpaired) electrons. The van der Waals surface area contributed by atoms with Crippen LogP contribution in [0.3, 0.4) is 0 Å². The number of aryl methyl sites for hydroxylation is 1. The first-order valence-electron chi connectivity index (χ1n) is 11.6. The van der Waals surface area contributed by atoms with Crippen molar-refractivity contribution in [2.45, 2.75) is 56.4 Å². The summed E-state index contributed by atoms with van der Waals surface area (Å²) in [5, 5.41) is 3.01. The number of esters is 1. The van der Waals surface area contributed by atoms with E-state index in [2.05, 4.69) is 5.32 Å². The molecule has 33 heavy (non-hydrogen) atoms. The molecule has 1 N–H and O–H groups in total. The number of hydrogen-bond donors (Lipinski definition) is 1. The molecular weight excluding hydrogens is 440 g/mol. The molecule has 2 aromatic carbocycles. The van der Waals surface area contributed by atoms with Crippen molar-refractivity contribution in [1.82, 2.24) is 5.32 Å². The summed E-state index contributed by atoms with van der Waals surface area (Å²) in [4.78, 5) is 24.7. The zero-order valence-electron chi connectivity index (χ0n) is 18.8. The third kappa shape index (κ3) is 5.05. The number of fused-ring (bicyclic) bond motifs is 1. The molecule has 4 rings (SSSR count). The third-order valence-corrected chi connectivity index (χ3v) is 8.28. The molecule has 0 saturated heterocycles. The Bertz CT molecular complexity index is 1110. The fourth-order valence-corrected chi connectivity index (χ4v) is 6.20. The van der Waals surface area contributed by atoms with Crippen LogP contribution in [0.1, 0.15) is 54.9 Å². The lowest BCUT2D eigenvalue weighted by Gasteiger charge is -2.30. The summed E-state index contributed by atoms with van der Waals surface area (Å²) < 4.78 is 33.1. The molecule has 0 atom stereocenters. The number of carbonyl (C=O) groups is 2. The van der Waals surface area contributed by atoms with E-state index in [0.29, 0.717) is 31.6 Å². The number of nitrogens with one attached hydrogen (secondary N) is 1. The number of sulfonamides is 1. The van der Waals surface area contributed by atoms with Gasteiger partial charge in [-0.3, -0.25) is 13.9 Å². The van der Waals surface area contributed by atoms with E-state index in [1.165, 1.54) is 16.4 Å². The van der Waals surface area contributed by atoms with E-state index >= 15 is 0 Å². The fourth-order valence-electron chi connectivity index (χ4n) is 4.66. The number of amides is 1. The van der Waals surface area contributed by atoms with Gasteiger partial charge in [0.15, 0.2) is 0 Å². The maximum absolute atomic E-state index is 13.3. The van der Waals surface area contributed by atoms with E-state index in [1.807, 2.05) is 24.3 Å². The van der Waals surface area contributed by atoms with Crippen molar-refractivity contribution in [2.24, 2.45) is 5.92 Å². The average molecular weight is 471 g/mol. The van der Waals surface area contributed by atoms with Gasteiger partial charge in [-0.1, -0.05) is 18.2 Å². The largest absolute Gasteiger partial charge is 0.466 e. The van der Waals surface area contributed by atoms with Crippen molar-refractivity contribution >= 4 is 27.6 Å². The molecule has 1 saturated carbocycles. The van der Waals surface area contributed by atoms with Crippen LogP contribution in [0.25, 0.3) is 0 Å². The van der Waals surface area contributed by atoms with Gasteiger partial charge in [0.25, 0.3) is 15.9 Å². The van der Waals surface area contributed by atoms with Gasteiger partial charge in [0.2, 0.25) is 0 Å². The van der Waals surface area contributed by atoms with Gasteiger partial charge in [0, 0.05) is 18.2 Å². The molecule has 1 amide bonds. The molecule has 7 nitrogen and oxygen atoms in total. The molecule has 176 valence electrons. The van der Waals surface area contributed by atoms with Crippen LogP contribution in [-0.4, -0.2) is 39.5 Å². The lowest BCUT2D eigenvalue weighted by atomic mass is 9.86. The summed E-state index contributed by atoms with van der Waals surface area (Å²) in [6.07, 6.45) is 4.46. The van der Waals surface area contributed by atoms with Gasteiger partial charge >= 0.3 is 5.97 Å². The standard InChI is InChI=1S/C25H30N2O5S/c1-2-32-25(29)20-9-13-21(14-10-20)26-24(28)19-11-15-22(16-12-19)33(30,31)27-17-5-7-18-6-3-4-8-23(18)27/h3-4,6,8,11-12,15-16,20-21H,2,5,7,9-10,13-14,17H2,1H3,(H,26,28). The highest BCUT2D eigenvalue weighted by Crippen LogP contribution is 2.32. The van der Waals surface area contributed by atoms with Crippen LogP contribution in [0.2, 0.25) is 0 Å². The van der Waals surface area contributed by atoms with Crippen LogP contribution < -0.4 is 9.62 Å². The molecule has 2 aromatic rings. The Labute approximate surface area is 195 Å². The monoisotopic (exact) mass is 470 g/mol. The van der Waals surface area contributed by atoms with Crippen LogP contribution in [0, 0.1) is 5.92 Å². The minimum atomic E-state index is -3.71. The van der Waals surface area contributed by atoms with Gasteiger partial charge in [-0.2, -0.15) is 0 Å². The number of carbonyl (C=O) groups excluding carboxylic acids is 2. The quantitative estimate of drug-likeness (QED) is 0.650. The van der Waals surface area contributed by atoms with Crippen LogP contribution in [0.5, 0.6) is 0 Å². The number of anilines is 1.